The molecule has 2 aliphatic rings. The Morgan fingerprint density at radius 2 is 0.923 bits per heavy atom. The van der Waals surface area contributed by atoms with Crippen molar-refractivity contribution in [1.82, 2.24) is 20.6 Å². The second-order valence-electron chi connectivity index (χ2n) is 17.4. The fourth-order valence-corrected chi connectivity index (χ4v) is 9.53. The SMILES string of the molecule is Br.Br.CC1=N/C(=C\c2[nH]c(C)c(CC(=O)N[C@@H](C)c3cccc4ccccc34)c2C)C(C)=C1CC1=C(C)/C(=C/c2[nH]c(C)c(CC(=O)N[C@@H](C)c3cccc4ccccc34)c2C)N=C1C. The minimum Gasteiger partial charge on any atom is -0.359 e. The molecule has 336 valence electrons. The van der Waals surface area contributed by atoms with E-state index in [0.29, 0.717) is 12.8 Å². The normalized spacial score (nSPS) is 15.9. The Labute approximate surface area is 404 Å². The molecule has 2 atom stereocenters. The third-order valence-electron chi connectivity index (χ3n) is 13.3. The van der Waals surface area contributed by atoms with Gasteiger partial charge in [-0.15, -0.1) is 34.0 Å². The van der Waals surface area contributed by atoms with Crippen LogP contribution >= 0.6 is 34.0 Å². The van der Waals surface area contributed by atoms with Gasteiger partial charge >= 0.3 is 0 Å². The van der Waals surface area contributed by atoms with Gasteiger partial charge in [-0.05, 0) is 159 Å². The Morgan fingerprint density at radius 1 is 0.554 bits per heavy atom. The molecule has 0 bridgehead atoms. The van der Waals surface area contributed by atoms with E-state index in [4.69, 9.17) is 9.98 Å². The maximum Gasteiger partial charge on any atom is 0.224 e. The molecule has 0 saturated heterocycles. The largest absolute Gasteiger partial charge is 0.359 e. The molecule has 6 aromatic rings. The Hall–Kier alpha value is -5.84. The Morgan fingerprint density at radius 3 is 1.32 bits per heavy atom. The number of halogens is 2. The van der Waals surface area contributed by atoms with E-state index in [0.717, 1.165) is 107 Å². The highest BCUT2D eigenvalue weighted by Crippen LogP contribution is 2.37. The molecule has 10 heteroatoms. The van der Waals surface area contributed by atoms with Gasteiger partial charge in [-0.3, -0.25) is 19.6 Å². The number of aliphatic imine (C=N–C) groups is 2. The van der Waals surface area contributed by atoms with Crippen LogP contribution in [-0.4, -0.2) is 33.2 Å². The van der Waals surface area contributed by atoms with E-state index in [1.807, 2.05) is 64.1 Å². The van der Waals surface area contributed by atoms with E-state index in [9.17, 15) is 9.59 Å². The fourth-order valence-electron chi connectivity index (χ4n) is 9.53. The second-order valence-corrected chi connectivity index (χ2v) is 17.4. The first-order valence-corrected chi connectivity index (χ1v) is 22.0. The number of amides is 2. The van der Waals surface area contributed by atoms with E-state index in [1.165, 1.54) is 21.9 Å². The van der Waals surface area contributed by atoms with Gasteiger partial charge < -0.3 is 20.6 Å². The average molecular weight is 997 g/mol. The number of H-pyrrole nitrogens is 2. The summed E-state index contributed by atoms with van der Waals surface area (Å²) in [6.45, 7) is 20.8. The zero-order valence-corrected chi connectivity index (χ0v) is 42.5. The van der Waals surface area contributed by atoms with Gasteiger partial charge in [-0.25, -0.2) is 0 Å². The molecule has 0 spiro atoms. The zero-order chi connectivity index (χ0) is 44.7. The van der Waals surface area contributed by atoms with Crippen LogP contribution in [0.1, 0.15) is 116 Å². The number of carbonyl (C=O) groups excluding carboxylic acids is 2. The van der Waals surface area contributed by atoms with Crippen LogP contribution < -0.4 is 10.6 Å². The Balaban J connectivity index is 0.00000350. The number of fused-ring (bicyclic) bond motifs is 2. The molecule has 4 aromatic carbocycles. The lowest BCUT2D eigenvalue weighted by Crippen LogP contribution is -2.28. The molecular weight excluding hydrogens is 936 g/mol. The van der Waals surface area contributed by atoms with Gasteiger partial charge in [0.15, 0.2) is 0 Å². The molecule has 0 unspecified atom stereocenters. The van der Waals surface area contributed by atoms with Crippen LogP contribution in [0.4, 0.5) is 0 Å². The molecule has 0 saturated carbocycles. The van der Waals surface area contributed by atoms with Crippen molar-refractivity contribution in [3.8, 4) is 0 Å². The molecule has 2 amide bonds. The first kappa shape index (κ1) is 48.6. The van der Waals surface area contributed by atoms with E-state index < -0.39 is 0 Å². The van der Waals surface area contributed by atoms with Gasteiger partial charge in [0.2, 0.25) is 11.8 Å². The van der Waals surface area contributed by atoms with E-state index in [2.05, 4.69) is 123 Å². The van der Waals surface area contributed by atoms with Crippen LogP contribution in [0.2, 0.25) is 0 Å². The third kappa shape index (κ3) is 9.89. The smallest absolute Gasteiger partial charge is 0.224 e. The summed E-state index contributed by atoms with van der Waals surface area (Å²) < 4.78 is 0. The number of benzene rings is 4. The summed E-state index contributed by atoms with van der Waals surface area (Å²) >= 11 is 0. The monoisotopic (exact) mass is 994 g/mol. The van der Waals surface area contributed by atoms with Gasteiger partial charge in [-0.1, -0.05) is 84.9 Å². The number of rotatable bonds is 12. The lowest BCUT2D eigenvalue weighted by Gasteiger charge is -2.17. The van der Waals surface area contributed by atoms with Gasteiger partial charge in [-0.2, -0.15) is 0 Å². The van der Waals surface area contributed by atoms with E-state index in [-0.39, 0.29) is 57.9 Å². The molecule has 0 aliphatic carbocycles. The van der Waals surface area contributed by atoms with Crippen LogP contribution in [0.25, 0.3) is 33.7 Å². The second kappa shape index (κ2) is 20.1. The summed E-state index contributed by atoms with van der Waals surface area (Å²) in [5.41, 5.74) is 18.8. The van der Waals surface area contributed by atoms with Crippen molar-refractivity contribution in [1.29, 1.82) is 0 Å². The molecule has 2 aromatic heterocycles. The van der Waals surface area contributed by atoms with Crippen molar-refractivity contribution in [2.45, 2.75) is 101 Å². The quantitative estimate of drug-likeness (QED) is 0.0978. The van der Waals surface area contributed by atoms with E-state index in [1.54, 1.807) is 0 Å². The molecule has 0 radical (unpaired) electrons. The minimum atomic E-state index is -0.123. The lowest BCUT2D eigenvalue weighted by molar-refractivity contribution is -0.121. The van der Waals surface area contributed by atoms with Crippen molar-refractivity contribution < 1.29 is 9.59 Å². The zero-order valence-electron chi connectivity index (χ0n) is 39.0. The number of nitrogens with one attached hydrogen (secondary N) is 4. The number of aromatic amines is 2. The predicted molar refractivity (Wildman–Crippen MR) is 282 cm³/mol. The maximum absolute atomic E-state index is 13.4. The highest BCUT2D eigenvalue weighted by molar-refractivity contribution is 8.93. The number of hydrogen-bond acceptors (Lipinski definition) is 4. The number of allylic oxidation sites excluding steroid dienone is 4. The first-order valence-electron chi connectivity index (χ1n) is 22.0. The highest BCUT2D eigenvalue weighted by Gasteiger charge is 2.26. The third-order valence-corrected chi connectivity index (χ3v) is 13.3. The first-order chi connectivity index (χ1) is 30.2. The van der Waals surface area contributed by atoms with Gasteiger partial charge in [0, 0.05) is 40.6 Å². The molecule has 4 N–H and O–H groups in total. The Kier molecular flexibility index (Phi) is 15.1. The van der Waals surface area contributed by atoms with Crippen LogP contribution in [-0.2, 0) is 22.4 Å². The van der Waals surface area contributed by atoms with E-state index >= 15 is 0 Å². The summed E-state index contributed by atoms with van der Waals surface area (Å²) in [5, 5.41) is 11.1. The summed E-state index contributed by atoms with van der Waals surface area (Å²) in [6, 6.07) is 28.8. The minimum absolute atomic E-state index is 0. The summed E-state index contributed by atoms with van der Waals surface area (Å²) in [7, 11) is 0. The average Bonchev–Trinajstić information content (AvgIpc) is 3.88. The van der Waals surface area contributed by atoms with Crippen LogP contribution in [0.3, 0.4) is 0 Å². The molecule has 8 nitrogen and oxygen atoms in total. The molecule has 4 heterocycles. The molecule has 65 heavy (non-hydrogen) atoms. The molecule has 8 rings (SSSR count). The van der Waals surface area contributed by atoms with Crippen molar-refractivity contribution in [3.63, 3.8) is 0 Å². The number of carbonyl (C=O) groups is 2. The van der Waals surface area contributed by atoms with Crippen LogP contribution in [0.5, 0.6) is 0 Å². The summed E-state index contributed by atoms with van der Waals surface area (Å²) in [4.78, 5) is 44.1. The number of aryl methyl sites for hydroxylation is 2. The Bertz CT molecular complexity index is 2830. The van der Waals surface area contributed by atoms with Gasteiger partial charge in [0.1, 0.15) is 0 Å². The van der Waals surface area contributed by atoms with Crippen LogP contribution in [0, 0.1) is 27.7 Å². The number of aromatic nitrogens is 2. The number of hydrogen-bond donors (Lipinski definition) is 4. The van der Waals surface area contributed by atoms with Crippen molar-refractivity contribution >= 4 is 90.9 Å². The topological polar surface area (TPSA) is 114 Å². The number of nitrogens with zero attached hydrogens (tertiary/aromatic N) is 2. The fraction of sp³-hybridized carbons (Fsp3) is 0.273. The lowest BCUT2D eigenvalue weighted by atomic mass is 9.93. The summed E-state index contributed by atoms with van der Waals surface area (Å²) in [6.07, 6.45) is 5.55. The van der Waals surface area contributed by atoms with Gasteiger partial charge in [0.25, 0.3) is 0 Å². The van der Waals surface area contributed by atoms with Gasteiger partial charge in [0.05, 0.1) is 36.3 Å². The van der Waals surface area contributed by atoms with Crippen molar-refractivity contribution in [2.24, 2.45) is 9.98 Å². The molecular formula is C55H60Br2N6O2. The maximum atomic E-state index is 13.4. The van der Waals surface area contributed by atoms with Crippen LogP contribution in [0.15, 0.2) is 129 Å². The predicted octanol–water partition coefficient (Wildman–Crippen LogP) is 13.2. The molecule has 2 aliphatic heterocycles. The highest BCUT2D eigenvalue weighted by atomic mass is 79.9. The standard InChI is InChI=1S/C55H58N6O2.2BrH/c1-30-46(36(7)56-50(30)28-52-32(3)48(38(9)58-52)26-54(62)60-34(5)42-23-15-19-40-17-11-13-21-44(40)42)25-47-31(2)51(57-37(47)8)29-53-33(4)49(39(10)59-53)27-55(63)61-35(6)43-24-16-20-41-18-12-14-22-45(41)43;;/h11-24,28-29,34-35,58-59H,25-27H2,1-10H3,(H,60,62)(H,61,63);2*1H/b50-28-,51-29-;;/t34-,35-;;/m0../s1. The summed E-state index contributed by atoms with van der Waals surface area (Å²) in [5.74, 6) is -0.0163. The molecule has 0 fully saturated rings. The van der Waals surface area contributed by atoms with Crippen molar-refractivity contribution in [2.75, 3.05) is 0 Å². The van der Waals surface area contributed by atoms with Crippen molar-refractivity contribution in [3.05, 3.63) is 175 Å².